The van der Waals surface area contributed by atoms with Crippen molar-refractivity contribution in [3.63, 3.8) is 0 Å². The third-order valence-electron chi connectivity index (χ3n) is 1.07. The molecule has 1 aromatic rings. The average molecular weight is 382 g/mol. The molecule has 66 valence electrons. The lowest BCUT2D eigenvalue weighted by molar-refractivity contribution is 0.608. The van der Waals surface area contributed by atoms with Crippen molar-refractivity contribution in [1.29, 1.82) is 0 Å². The van der Waals surface area contributed by atoms with E-state index in [0.717, 1.165) is 0 Å². The number of nitrogens with zero attached hydrogens (tertiary/aromatic N) is 1. The number of hydrogen-bond donors (Lipinski definition) is 0. The van der Waals surface area contributed by atoms with E-state index in [9.17, 15) is 8.42 Å². The van der Waals surface area contributed by atoms with Gasteiger partial charge in [0.1, 0.15) is 4.90 Å². The molecule has 0 radical (unpaired) electrons. The van der Waals surface area contributed by atoms with E-state index in [4.69, 9.17) is 10.7 Å². The zero-order valence-electron chi connectivity index (χ0n) is 5.46. The Morgan fingerprint density at radius 1 is 1.50 bits per heavy atom. The van der Waals surface area contributed by atoms with Crippen LogP contribution in [0.25, 0.3) is 0 Å². The van der Waals surface area contributed by atoms with Crippen molar-refractivity contribution in [1.82, 2.24) is 4.98 Å². The van der Waals surface area contributed by atoms with E-state index in [1.807, 2.05) is 22.6 Å². The molecule has 0 N–H and O–H groups in total. The normalized spacial score (nSPS) is 11.6. The molecule has 12 heavy (non-hydrogen) atoms. The molecule has 0 unspecified atom stereocenters. The Hall–Kier alpha value is 0.600. The predicted octanol–water partition coefficient (Wildman–Crippen LogP) is 2.38. The molecule has 0 saturated heterocycles. The van der Waals surface area contributed by atoms with Crippen LogP contribution in [-0.4, -0.2) is 13.4 Å². The first-order valence-electron chi connectivity index (χ1n) is 2.66. The minimum atomic E-state index is -3.70. The quantitative estimate of drug-likeness (QED) is 0.554. The van der Waals surface area contributed by atoms with Gasteiger partial charge >= 0.3 is 0 Å². The van der Waals surface area contributed by atoms with Crippen molar-refractivity contribution in [2.75, 3.05) is 0 Å². The van der Waals surface area contributed by atoms with E-state index in [1.54, 1.807) is 0 Å². The zero-order chi connectivity index (χ0) is 9.35. The fourth-order valence-corrected chi connectivity index (χ4v) is 3.19. The minimum Gasteiger partial charge on any atom is -0.262 e. The van der Waals surface area contributed by atoms with Crippen molar-refractivity contribution in [3.8, 4) is 0 Å². The van der Waals surface area contributed by atoms with Crippen LogP contribution < -0.4 is 0 Å². The van der Waals surface area contributed by atoms with Gasteiger partial charge in [0.15, 0.2) is 0 Å². The maximum Gasteiger partial charge on any atom is 0.264 e. The minimum absolute atomic E-state index is 0.00364. The Kier molecular flexibility index (Phi) is 3.35. The van der Waals surface area contributed by atoms with Crippen LogP contribution in [0.5, 0.6) is 0 Å². The molecule has 0 aliphatic heterocycles. The molecule has 0 bridgehead atoms. The summed E-state index contributed by atoms with van der Waals surface area (Å²) in [5.74, 6) is 0. The summed E-state index contributed by atoms with van der Waals surface area (Å²) in [5, 5.41) is 0. The Morgan fingerprint density at radius 3 is 2.50 bits per heavy atom. The number of rotatable bonds is 1. The summed E-state index contributed by atoms with van der Waals surface area (Å²) in [7, 11) is 1.44. The highest BCUT2D eigenvalue weighted by molar-refractivity contribution is 14.1. The SMILES string of the molecule is O=S(=O)(Cl)c1cncc(I)c1Br. The van der Waals surface area contributed by atoms with Crippen LogP contribution in [0.15, 0.2) is 21.8 Å². The molecule has 7 heteroatoms. The van der Waals surface area contributed by atoms with Crippen LogP contribution >= 0.6 is 49.2 Å². The molecule has 0 aliphatic rings. The molecule has 0 amide bonds. The highest BCUT2D eigenvalue weighted by atomic mass is 127. The molecule has 0 aliphatic carbocycles. The summed E-state index contributed by atoms with van der Waals surface area (Å²) in [6, 6.07) is 0. The molecule has 1 aromatic heterocycles. The summed E-state index contributed by atoms with van der Waals surface area (Å²) in [5.41, 5.74) is 0. The van der Waals surface area contributed by atoms with Gasteiger partial charge in [0.25, 0.3) is 9.05 Å². The maximum atomic E-state index is 10.9. The first kappa shape index (κ1) is 10.7. The number of aromatic nitrogens is 1. The monoisotopic (exact) mass is 381 g/mol. The fourth-order valence-electron chi connectivity index (χ4n) is 0.571. The second-order valence-electron chi connectivity index (χ2n) is 1.87. The Balaban J connectivity index is 3.47. The predicted molar refractivity (Wildman–Crippen MR) is 57.7 cm³/mol. The smallest absolute Gasteiger partial charge is 0.262 e. The van der Waals surface area contributed by atoms with Gasteiger partial charge in [0.2, 0.25) is 0 Å². The molecule has 1 rings (SSSR count). The van der Waals surface area contributed by atoms with Crippen molar-refractivity contribution in [2.45, 2.75) is 4.90 Å². The molecule has 0 atom stereocenters. The highest BCUT2D eigenvalue weighted by Crippen LogP contribution is 2.27. The van der Waals surface area contributed by atoms with Gasteiger partial charge in [-0.15, -0.1) is 0 Å². The first-order valence-corrected chi connectivity index (χ1v) is 6.84. The Bertz CT molecular complexity index is 408. The lowest BCUT2D eigenvalue weighted by atomic mass is 10.5. The second-order valence-corrected chi connectivity index (χ2v) is 6.36. The largest absolute Gasteiger partial charge is 0.264 e. The zero-order valence-corrected chi connectivity index (χ0v) is 10.8. The van der Waals surface area contributed by atoms with Crippen LogP contribution in [0.1, 0.15) is 0 Å². The van der Waals surface area contributed by atoms with E-state index in [1.165, 1.54) is 12.4 Å². The van der Waals surface area contributed by atoms with Crippen molar-refractivity contribution in [2.24, 2.45) is 0 Å². The lowest BCUT2D eigenvalue weighted by Crippen LogP contribution is -1.94. The highest BCUT2D eigenvalue weighted by Gasteiger charge is 2.16. The summed E-state index contributed by atoms with van der Waals surface area (Å²) in [6.45, 7) is 0. The molecular weight excluding hydrogens is 380 g/mol. The standard InChI is InChI=1S/C5H2BrClINO2S/c6-5-3(8)1-9-2-4(5)12(7,10)11/h1-2H. The molecule has 0 spiro atoms. The van der Waals surface area contributed by atoms with Crippen LogP contribution in [0.3, 0.4) is 0 Å². The average Bonchev–Trinajstić information content (AvgIpc) is 1.92. The molecule has 3 nitrogen and oxygen atoms in total. The molecule has 1 heterocycles. The van der Waals surface area contributed by atoms with E-state index >= 15 is 0 Å². The fraction of sp³-hybridized carbons (Fsp3) is 0. The second kappa shape index (κ2) is 3.77. The molecule has 0 saturated carbocycles. The summed E-state index contributed by atoms with van der Waals surface area (Å²) in [6.07, 6.45) is 2.74. The lowest BCUT2D eigenvalue weighted by Gasteiger charge is -1.99. The van der Waals surface area contributed by atoms with E-state index in [2.05, 4.69) is 20.9 Å². The van der Waals surface area contributed by atoms with Gasteiger partial charge in [-0.3, -0.25) is 4.98 Å². The van der Waals surface area contributed by atoms with Crippen molar-refractivity contribution >= 4 is 58.3 Å². The van der Waals surface area contributed by atoms with Crippen molar-refractivity contribution < 1.29 is 8.42 Å². The van der Waals surface area contributed by atoms with Gasteiger partial charge in [-0.25, -0.2) is 8.42 Å². The van der Waals surface area contributed by atoms with Crippen LogP contribution in [0.4, 0.5) is 0 Å². The van der Waals surface area contributed by atoms with Gasteiger partial charge in [-0.05, 0) is 38.5 Å². The Morgan fingerprint density at radius 2 is 2.08 bits per heavy atom. The van der Waals surface area contributed by atoms with Crippen molar-refractivity contribution in [3.05, 3.63) is 20.4 Å². The first-order chi connectivity index (χ1) is 5.43. The number of halogens is 3. The third-order valence-corrected chi connectivity index (χ3v) is 5.08. The van der Waals surface area contributed by atoms with Gasteiger partial charge in [-0.1, -0.05) is 0 Å². The topological polar surface area (TPSA) is 47.0 Å². The van der Waals surface area contributed by atoms with Gasteiger partial charge in [0.05, 0.1) is 4.47 Å². The summed E-state index contributed by atoms with van der Waals surface area (Å²) in [4.78, 5) is 3.71. The summed E-state index contributed by atoms with van der Waals surface area (Å²) < 4.78 is 23.0. The molecule has 0 aromatic carbocycles. The van der Waals surface area contributed by atoms with Crippen LogP contribution in [0.2, 0.25) is 0 Å². The van der Waals surface area contributed by atoms with Gasteiger partial charge in [-0.2, -0.15) is 0 Å². The summed E-state index contributed by atoms with van der Waals surface area (Å²) >= 11 is 5.06. The van der Waals surface area contributed by atoms with Crippen LogP contribution in [-0.2, 0) is 9.05 Å². The van der Waals surface area contributed by atoms with Crippen LogP contribution in [0, 0.1) is 3.57 Å². The third kappa shape index (κ3) is 2.30. The maximum absolute atomic E-state index is 10.9. The van der Waals surface area contributed by atoms with Gasteiger partial charge < -0.3 is 0 Å². The van der Waals surface area contributed by atoms with Gasteiger partial charge in [0, 0.05) is 26.6 Å². The van der Waals surface area contributed by atoms with E-state index < -0.39 is 9.05 Å². The molecular formula is C5H2BrClINO2S. The van der Waals surface area contributed by atoms with E-state index in [-0.39, 0.29) is 4.90 Å². The number of hydrogen-bond acceptors (Lipinski definition) is 3. The van der Waals surface area contributed by atoms with E-state index in [0.29, 0.717) is 8.04 Å². The Labute approximate surface area is 96.2 Å². The molecule has 0 fully saturated rings. The number of pyridine rings is 1.